The summed E-state index contributed by atoms with van der Waals surface area (Å²) in [4.78, 5) is 25.5. The van der Waals surface area contributed by atoms with E-state index in [1.54, 1.807) is 31.2 Å². The third-order valence-electron chi connectivity index (χ3n) is 4.92. The lowest BCUT2D eigenvalue weighted by molar-refractivity contribution is -0.119. The number of anilines is 1. The predicted molar refractivity (Wildman–Crippen MR) is 117 cm³/mol. The van der Waals surface area contributed by atoms with Gasteiger partial charge in [-0.3, -0.25) is 4.79 Å². The van der Waals surface area contributed by atoms with E-state index in [9.17, 15) is 18.0 Å². The summed E-state index contributed by atoms with van der Waals surface area (Å²) < 4.78 is 38.3. The Bertz CT molecular complexity index is 1250. The molecule has 2 aromatic heterocycles. The molecule has 1 unspecified atom stereocenters. The molecule has 3 aromatic rings. The number of furan rings is 1. The van der Waals surface area contributed by atoms with Gasteiger partial charge in [-0.1, -0.05) is 23.7 Å². The number of fused-ring (bicyclic) bond motifs is 1. The summed E-state index contributed by atoms with van der Waals surface area (Å²) in [5.41, 5.74) is 0.576. The minimum Gasteiger partial charge on any atom is -0.460 e. The molecular weight excluding hydrogens is 464 g/mol. The van der Waals surface area contributed by atoms with Gasteiger partial charge in [0.1, 0.15) is 21.5 Å². The van der Waals surface area contributed by atoms with E-state index < -0.39 is 27.9 Å². The maximum atomic E-state index is 13.1. The Morgan fingerprint density at radius 1 is 1.29 bits per heavy atom. The Hall–Kier alpha value is -2.40. The van der Waals surface area contributed by atoms with E-state index in [-0.39, 0.29) is 28.8 Å². The van der Waals surface area contributed by atoms with Crippen LogP contribution < -0.4 is 5.32 Å². The van der Waals surface area contributed by atoms with Gasteiger partial charge >= 0.3 is 5.97 Å². The summed E-state index contributed by atoms with van der Waals surface area (Å²) in [5, 5.41) is 3.24. The molecule has 164 valence electrons. The van der Waals surface area contributed by atoms with E-state index in [2.05, 4.69) is 5.32 Å². The molecule has 11 heteroatoms. The van der Waals surface area contributed by atoms with Crippen molar-refractivity contribution in [3.63, 3.8) is 0 Å². The first-order valence-electron chi connectivity index (χ1n) is 9.59. The van der Waals surface area contributed by atoms with Crippen LogP contribution in [0.15, 0.2) is 45.0 Å². The monoisotopic (exact) mass is 482 g/mol. The Morgan fingerprint density at radius 2 is 2.06 bits per heavy atom. The minimum absolute atomic E-state index is 0.0816. The normalized spacial score (nSPS) is 17.2. The smallest absolute Gasteiger partial charge is 0.376 e. The molecule has 1 amide bonds. The maximum absolute atomic E-state index is 13.1. The largest absolute Gasteiger partial charge is 0.460 e. The molecule has 1 aliphatic heterocycles. The average Bonchev–Trinajstić information content (AvgIpc) is 3.47. The van der Waals surface area contributed by atoms with Gasteiger partial charge in [0.25, 0.3) is 10.0 Å². The zero-order chi connectivity index (χ0) is 22.2. The lowest BCUT2D eigenvalue weighted by atomic mass is 10.2. The molecule has 0 radical (unpaired) electrons. The van der Waals surface area contributed by atoms with Crippen molar-refractivity contribution in [2.45, 2.75) is 30.0 Å². The number of halogens is 1. The number of esters is 1. The second-order valence-corrected chi connectivity index (χ2v) is 10.7. The number of rotatable bonds is 6. The van der Waals surface area contributed by atoms with Crippen LogP contribution in [0.2, 0.25) is 4.34 Å². The highest BCUT2D eigenvalue weighted by atomic mass is 35.5. The Kier molecular flexibility index (Phi) is 6.07. The van der Waals surface area contributed by atoms with Crippen LogP contribution in [0, 0.1) is 0 Å². The standard InChI is InChI=1S/C20H19ClN2O6S2/c1-2-28-20(25)18-17(12-6-3-4-8-14(12)29-18)22-19(24)13-7-5-11-23(13)31(26,27)16-10-9-15(21)30-16/h3-4,6,8-10,13H,2,5,7,11H2,1H3,(H,22,24). The quantitative estimate of drug-likeness (QED) is 0.530. The fourth-order valence-electron chi connectivity index (χ4n) is 3.56. The molecular formula is C20H19ClN2O6S2. The third kappa shape index (κ3) is 4.08. The van der Waals surface area contributed by atoms with Crippen molar-refractivity contribution < 1.29 is 27.2 Å². The number of para-hydroxylation sites is 1. The van der Waals surface area contributed by atoms with Crippen LogP contribution >= 0.6 is 22.9 Å². The van der Waals surface area contributed by atoms with E-state index in [0.29, 0.717) is 28.1 Å². The number of carbonyl (C=O) groups excluding carboxylic acids is 2. The minimum atomic E-state index is -3.88. The number of amides is 1. The summed E-state index contributed by atoms with van der Waals surface area (Å²) in [6.07, 6.45) is 0.891. The van der Waals surface area contributed by atoms with Crippen LogP contribution in [0.1, 0.15) is 30.3 Å². The summed E-state index contributed by atoms with van der Waals surface area (Å²) in [5.74, 6) is -1.38. The van der Waals surface area contributed by atoms with Crippen LogP contribution in [-0.2, 0) is 19.6 Å². The molecule has 3 heterocycles. The fourth-order valence-corrected chi connectivity index (χ4v) is 6.83. The summed E-state index contributed by atoms with van der Waals surface area (Å²) in [6.45, 7) is 2.02. The van der Waals surface area contributed by atoms with Crippen molar-refractivity contribution in [3.8, 4) is 0 Å². The average molecular weight is 483 g/mol. The van der Waals surface area contributed by atoms with Gasteiger partial charge in [0.05, 0.1) is 10.9 Å². The molecule has 4 rings (SSSR count). The van der Waals surface area contributed by atoms with Crippen LogP contribution in [0.3, 0.4) is 0 Å². The molecule has 8 nitrogen and oxygen atoms in total. The van der Waals surface area contributed by atoms with Crippen molar-refractivity contribution >= 4 is 61.5 Å². The lowest BCUT2D eigenvalue weighted by Crippen LogP contribution is -2.43. The van der Waals surface area contributed by atoms with Crippen molar-refractivity contribution in [3.05, 3.63) is 46.5 Å². The van der Waals surface area contributed by atoms with E-state index >= 15 is 0 Å². The first kappa shape index (κ1) is 21.8. The van der Waals surface area contributed by atoms with Gasteiger partial charge in [0, 0.05) is 11.9 Å². The molecule has 1 atom stereocenters. The molecule has 1 aliphatic rings. The number of thiophene rings is 1. The van der Waals surface area contributed by atoms with Gasteiger partial charge in [-0.2, -0.15) is 4.31 Å². The van der Waals surface area contributed by atoms with Crippen LogP contribution in [0.4, 0.5) is 5.69 Å². The molecule has 1 fully saturated rings. The highest BCUT2D eigenvalue weighted by molar-refractivity contribution is 7.91. The highest BCUT2D eigenvalue weighted by Gasteiger charge is 2.40. The van der Waals surface area contributed by atoms with Crippen molar-refractivity contribution in [2.24, 2.45) is 0 Å². The number of ether oxygens (including phenoxy) is 1. The Morgan fingerprint density at radius 3 is 2.77 bits per heavy atom. The Labute approximate surface area is 187 Å². The van der Waals surface area contributed by atoms with Crippen molar-refractivity contribution in [1.29, 1.82) is 0 Å². The van der Waals surface area contributed by atoms with Crippen molar-refractivity contribution in [2.75, 3.05) is 18.5 Å². The zero-order valence-electron chi connectivity index (χ0n) is 16.5. The predicted octanol–water partition coefficient (Wildman–Crippen LogP) is 4.12. The van der Waals surface area contributed by atoms with E-state index in [1.165, 1.54) is 16.4 Å². The number of sulfonamides is 1. The van der Waals surface area contributed by atoms with E-state index in [1.807, 2.05) is 0 Å². The van der Waals surface area contributed by atoms with Gasteiger partial charge in [-0.05, 0) is 44.0 Å². The number of hydrogen-bond donors (Lipinski definition) is 1. The van der Waals surface area contributed by atoms with Crippen LogP contribution in [0.5, 0.6) is 0 Å². The van der Waals surface area contributed by atoms with E-state index in [4.69, 9.17) is 20.8 Å². The van der Waals surface area contributed by atoms with E-state index in [0.717, 1.165) is 11.3 Å². The van der Waals surface area contributed by atoms with Gasteiger partial charge < -0.3 is 14.5 Å². The lowest BCUT2D eigenvalue weighted by Gasteiger charge is -2.22. The number of carbonyl (C=O) groups is 2. The second-order valence-electron chi connectivity index (χ2n) is 6.84. The molecule has 1 N–H and O–H groups in total. The van der Waals surface area contributed by atoms with Gasteiger partial charge in [0.15, 0.2) is 0 Å². The van der Waals surface area contributed by atoms with Crippen LogP contribution in [-0.4, -0.2) is 43.8 Å². The fraction of sp³-hybridized carbons (Fsp3) is 0.300. The number of benzene rings is 1. The topological polar surface area (TPSA) is 106 Å². The summed E-state index contributed by atoms with van der Waals surface area (Å²) >= 11 is 6.84. The molecule has 31 heavy (non-hydrogen) atoms. The van der Waals surface area contributed by atoms with Gasteiger partial charge in [0.2, 0.25) is 11.7 Å². The third-order valence-corrected chi connectivity index (χ3v) is 8.53. The molecule has 0 bridgehead atoms. The maximum Gasteiger partial charge on any atom is 0.376 e. The van der Waals surface area contributed by atoms with Crippen molar-refractivity contribution in [1.82, 2.24) is 4.31 Å². The second kappa shape index (κ2) is 8.62. The first-order chi connectivity index (χ1) is 14.8. The molecule has 0 saturated carbocycles. The molecule has 0 spiro atoms. The summed E-state index contributed by atoms with van der Waals surface area (Å²) in [6, 6.07) is 8.87. The molecule has 1 saturated heterocycles. The highest BCUT2D eigenvalue weighted by Crippen LogP contribution is 2.35. The molecule has 1 aromatic carbocycles. The Balaban J connectivity index is 1.66. The van der Waals surface area contributed by atoms with Crippen LogP contribution in [0.25, 0.3) is 11.0 Å². The summed E-state index contributed by atoms with van der Waals surface area (Å²) in [7, 11) is -3.88. The number of nitrogens with zero attached hydrogens (tertiary/aromatic N) is 1. The SMILES string of the molecule is CCOC(=O)c1oc2ccccc2c1NC(=O)C1CCCN1S(=O)(=O)c1ccc(Cl)s1. The number of hydrogen-bond acceptors (Lipinski definition) is 7. The first-order valence-corrected chi connectivity index (χ1v) is 12.2. The van der Waals surface area contributed by atoms with Gasteiger partial charge in [-0.25, -0.2) is 13.2 Å². The molecule has 0 aliphatic carbocycles. The number of nitrogens with one attached hydrogen (secondary N) is 1. The zero-order valence-corrected chi connectivity index (χ0v) is 18.8. The van der Waals surface area contributed by atoms with Gasteiger partial charge in [-0.15, -0.1) is 11.3 Å².